The second kappa shape index (κ2) is 5.55. The van der Waals surface area contributed by atoms with Crippen molar-refractivity contribution >= 4 is 17.6 Å². The molecule has 1 unspecified atom stereocenters. The van der Waals surface area contributed by atoms with Gasteiger partial charge in [0.1, 0.15) is 6.29 Å². The Balaban J connectivity index is 1.86. The van der Waals surface area contributed by atoms with Crippen LogP contribution in [0.3, 0.4) is 0 Å². The molecule has 1 aromatic rings. The molecule has 1 saturated heterocycles. The summed E-state index contributed by atoms with van der Waals surface area (Å²) in [5.74, 6) is 0.759. The van der Waals surface area contributed by atoms with Crippen LogP contribution in [0.15, 0.2) is 5.38 Å². The first kappa shape index (κ1) is 11.7. The second-order valence-corrected chi connectivity index (χ2v) is 5.30. The number of carbonyl (C=O) groups is 1. The van der Waals surface area contributed by atoms with Crippen LogP contribution in [0.25, 0.3) is 0 Å². The molecular weight excluding hydrogens is 220 g/mol. The predicted molar refractivity (Wildman–Crippen MR) is 65.8 cm³/mol. The number of aldehydes is 1. The highest BCUT2D eigenvalue weighted by molar-refractivity contribution is 7.09. The Morgan fingerprint density at radius 3 is 3.25 bits per heavy atom. The van der Waals surface area contributed by atoms with Gasteiger partial charge in [-0.2, -0.15) is 0 Å². The number of aromatic nitrogens is 1. The molecule has 0 amide bonds. The van der Waals surface area contributed by atoms with Crippen LogP contribution in [0, 0.1) is 5.92 Å². The maximum atomic E-state index is 10.4. The van der Waals surface area contributed by atoms with E-state index < -0.39 is 0 Å². The van der Waals surface area contributed by atoms with Crippen molar-refractivity contribution in [3.05, 3.63) is 16.1 Å². The van der Waals surface area contributed by atoms with Crippen molar-refractivity contribution in [3.8, 4) is 0 Å². The number of carbonyl (C=O) groups excluding carboxylic acids is 1. The molecule has 1 fully saturated rings. The quantitative estimate of drug-likeness (QED) is 0.733. The first-order chi connectivity index (χ1) is 7.81. The third-order valence-electron chi connectivity index (χ3n) is 3.17. The average Bonchev–Trinajstić information content (AvgIpc) is 2.89. The molecule has 0 bridgehead atoms. The van der Waals surface area contributed by atoms with Crippen LogP contribution in [0.4, 0.5) is 0 Å². The van der Waals surface area contributed by atoms with Crippen molar-refractivity contribution in [2.45, 2.75) is 26.2 Å². The van der Waals surface area contributed by atoms with Gasteiger partial charge in [-0.05, 0) is 25.4 Å². The Morgan fingerprint density at radius 1 is 1.69 bits per heavy atom. The fourth-order valence-electron chi connectivity index (χ4n) is 2.24. The Bertz CT molecular complexity index is 351. The molecule has 2 heterocycles. The highest BCUT2D eigenvalue weighted by Crippen LogP contribution is 2.22. The minimum atomic E-state index is 0.461. The lowest BCUT2D eigenvalue weighted by atomic mass is 10.1. The van der Waals surface area contributed by atoms with Gasteiger partial charge in [0.25, 0.3) is 0 Å². The second-order valence-electron chi connectivity index (χ2n) is 4.36. The van der Waals surface area contributed by atoms with Crippen LogP contribution in [-0.2, 0) is 17.6 Å². The lowest BCUT2D eigenvalue weighted by Crippen LogP contribution is -2.20. The molecule has 0 radical (unpaired) electrons. The van der Waals surface area contributed by atoms with Crippen molar-refractivity contribution < 1.29 is 4.79 Å². The summed E-state index contributed by atoms with van der Waals surface area (Å²) >= 11 is 1.70. The first-order valence-electron chi connectivity index (χ1n) is 5.91. The van der Waals surface area contributed by atoms with E-state index in [2.05, 4.69) is 16.8 Å². The zero-order chi connectivity index (χ0) is 11.4. The third-order valence-corrected chi connectivity index (χ3v) is 4.09. The first-order valence-corrected chi connectivity index (χ1v) is 6.79. The largest absolute Gasteiger partial charge is 0.303 e. The van der Waals surface area contributed by atoms with Crippen LogP contribution in [0.5, 0.6) is 0 Å². The van der Waals surface area contributed by atoms with Gasteiger partial charge in [0.15, 0.2) is 0 Å². The minimum absolute atomic E-state index is 0.461. The van der Waals surface area contributed by atoms with E-state index in [0.29, 0.717) is 6.42 Å². The van der Waals surface area contributed by atoms with E-state index >= 15 is 0 Å². The van der Waals surface area contributed by atoms with E-state index in [-0.39, 0.29) is 0 Å². The topological polar surface area (TPSA) is 33.2 Å². The molecule has 0 saturated carbocycles. The van der Waals surface area contributed by atoms with E-state index in [1.54, 1.807) is 11.3 Å². The maximum absolute atomic E-state index is 10.4. The molecule has 0 aromatic carbocycles. The van der Waals surface area contributed by atoms with Gasteiger partial charge in [-0.1, -0.05) is 6.92 Å². The zero-order valence-electron chi connectivity index (χ0n) is 9.69. The van der Waals surface area contributed by atoms with Gasteiger partial charge in [-0.15, -0.1) is 11.3 Å². The number of hydrogen-bond acceptors (Lipinski definition) is 4. The van der Waals surface area contributed by atoms with Gasteiger partial charge in [0.05, 0.1) is 10.7 Å². The fourth-order valence-corrected chi connectivity index (χ4v) is 3.16. The predicted octanol–water partition coefficient (Wildman–Crippen LogP) is 1.77. The number of nitrogens with zero attached hydrogens (tertiary/aromatic N) is 2. The lowest BCUT2D eigenvalue weighted by Gasteiger charge is -2.11. The zero-order valence-corrected chi connectivity index (χ0v) is 10.5. The van der Waals surface area contributed by atoms with Crippen LogP contribution in [0.1, 0.15) is 24.0 Å². The number of likely N-dealkylation sites (tertiary alicyclic amines) is 1. The Labute approximate surface area is 100 Å². The number of rotatable bonds is 5. The monoisotopic (exact) mass is 238 g/mol. The van der Waals surface area contributed by atoms with E-state index in [1.165, 1.54) is 24.5 Å². The summed E-state index contributed by atoms with van der Waals surface area (Å²) in [6.07, 6.45) is 3.76. The molecule has 0 N–H and O–H groups in total. The van der Waals surface area contributed by atoms with Crippen molar-refractivity contribution in [1.29, 1.82) is 0 Å². The Kier molecular flexibility index (Phi) is 4.07. The molecule has 2 rings (SSSR count). The molecule has 0 aliphatic carbocycles. The maximum Gasteiger partial charge on any atom is 0.125 e. The molecule has 1 atom stereocenters. The normalized spacial score (nSPS) is 21.4. The summed E-state index contributed by atoms with van der Waals surface area (Å²) in [6, 6.07) is 0. The lowest BCUT2D eigenvalue weighted by molar-refractivity contribution is -0.107. The van der Waals surface area contributed by atoms with Crippen LogP contribution in [-0.4, -0.2) is 35.8 Å². The van der Waals surface area contributed by atoms with E-state index in [4.69, 9.17) is 0 Å². The SMILES string of the molecule is CCN1CCC(Cc2nc(CC=O)cs2)C1. The van der Waals surface area contributed by atoms with Crippen LogP contribution < -0.4 is 0 Å². The molecule has 0 spiro atoms. The molecule has 1 aliphatic rings. The minimum Gasteiger partial charge on any atom is -0.303 e. The van der Waals surface area contributed by atoms with Crippen molar-refractivity contribution in [2.75, 3.05) is 19.6 Å². The molecular formula is C12H18N2OS. The molecule has 88 valence electrons. The van der Waals surface area contributed by atoms with Gasteiger partial charge >= 0.3 is 0 Å². The molecule has 1 aromatic heterocycles. The average molecular weight is 238 g/mol. The number of thiazole rings is 1. The van der Waals surface area contributed by atoms with Crippen molar-refractivity contribution in [3.63, 3.8) is 0 Å². The molecule has 4 heteroatoms. The van der Waals surface area contributed by atoms with Gasteiger partial charge in [0, 0.05) is 24.8 Å². The van der Waals surface area contributed by atoms with Crippen molar-refractivity contribution in [2.24, 2.45) is 5.92 Å². The van der Waals surface area contributed by atoms with E-state index in [1.807, 2.05) is 5.38 Å². The van der Waals surface area contributed by atoms with E-state index in [0.717, 1.165) is 30.9 Å². The summed E-state index contributed by atoms with van der Waals surface area (Å²) in [6.45, 7) is 5.81. The van der Waals surface area contributed by atoms with Crippen LogP contribution >= 0.6 is 11.3 Å². The molecule has 16 heavy (non-hydrogen) atoms. The van der Waals surface area contributed by atoms with Gasteiger partial charge < -0.3 is 9.69 Å². The molecule has 1 aliphatic heterocycles. The Hall–Kier alpha value is -0.740. The highest BCUT2D eigenvalue weighted by atomic mass is 32.1. The van der Waals surface area contributed by atoms with Crippen LogP contribution in [0.2, 0.25) is 0 Å². The van der Waals surface area contributed by atoms with Gasteiger partial charge in [-0.25, -0.2) is 4.98 Å². The summed E-state index contributed by atoms with van der Waals surface area (Å²) in [4.78, 5) is 17.3. The summed E-state index contributed by atoms with van der Waals surface area (Å²) < 4.78 is 0. The smallest absolute Gasteiger partial charge is 0.125 e. The third kappa shape index (κ3) is 2.89. The Morgan fingerprint density at radius 2 is 2.56 bits per heavy atom. The van der Waals surface area contributed by atoms with E-state index in [9.17, 15) is 4.79 Å². The fraction of sp³-hybridized carbons (Fsp3) is 0.667. The highest BCUT2D eigenvalue weighted by Gasteiger charge is 2.22. The summed E-state index contributed by atoms with van der Waals surface area (Å²) in [5, 5.41) is 3.20. The standard InChI is InChI=1S/C12H18N2OS/c1-2-14-5-3-10(8-14)7-12-13-11(4-6-15)9-16-12/h6,9-10H,2-5,7-8H2,1H3. The number of hydrogen-bond donors (Lipinski definition) is 0. The molecule has 3 nitrogen and oxygen atoms in total. The van der Waals surface area contributed by atoms with Crippen molar-refractivity contribution in [1.82, 2.24) is 9.88 Å². The van der Waals surface area contributed by atoms with Gasteiger partial charge in [-0.3, -0.25) is 0 Å². The van der Waals surface area contributed by atoms with Gasteiger partial charge in [0.2, 0.25) is 0 Å². The summed E-state index contributed by atoms with van der Waals surface area (Å²) in [5.41, 5.74) is 0.931. The summed E-state index contributed by atoms with van der Waals surface area (Å²) in [7, 11) is 0.